The van der Waals surface area contributed by atoms with Gasteiger partial charge in [0.05, 0.1) is 24.2 Å². The van der Waals surface area contributed by atoms with Crippen LogP contribution in [0, 0.1) is 11.3 Å². The summed E-state index contributed by atoms with van der Waals surface area (Å²) in [4.78, 5) is 42.1. The van der Waals surface area contributed by atoms with Crippen molar-refractivity contribution in [1.29, 1.82) is 5.26 Å². The lowest BCUT2D eigenvalue weighted by Crippen LogP contribution is -2.56. The highest BCUT2D eigenvalue weighted by Crippen LogP contribution is 2.35. The predicted octanol–water partition coefficient (Wildman–Crippen LogP) is -0.583. The summed E-state index contributed by atoms with van der Waals surface area (Å²) in [6.07, 6.45) is 2.18. The molecule has 3 aliphatic rings. The number of hydrogen-bond donors (Lipinski definition) is 2. The highest BCUT2D eigenvalue weighted by atomic mass is 16.2. The third-order valence-corrected chi connectivity index (χ3v) is 6.13. The van der Waals surface area contributed by atoms with Crippen molar-refractivity contribution >= 4 is 23.4 Å². The Bertz CT molecular complexity index is 879. The Morgan fingerprint density at radius 2 is 2.00 bits per heavy atom. The van der Waals surface area contributed by atoms with E-state index in [1.807, 2.05) is 4.90 Å². The van der Waals surface area contributed by atoms with Gasteiger partial charge in [0.25, 0.3) is 0 Å². The van der Waals surface area contributed by atoms with Crippen LogP contribution in [0.2, 0.25) is 0 Å². The van der Waals surface area contributed by atoms with Gasteiger partial charge in [0.2, 0.25) is 17.7 Å². The number of piperazine rings is 1. The van der Waals surface area contributed by atoms with Crippen molar-refractivity contribution in [3.8, 4) is 6.07 Å². The average molecular weight is 396 g/mol. The molecule has 0 unspecified atom stereocenters. The van der Waals surface area contributed by atoms with E-state index in [-0.39, 0.29) is 23.9 Å². The number of benzene rings is 1. The van der Waals surface area contributed by atoms with E-state index in [1.54, 1.807) is 34.1 Å². The number of carbonyl (C=O) groups is 3. The number of rotatable bonds is 5. The van der Waals surface area contributed by atoms with Crippen LogP contribution in [-0.2, 0) is 9.59 Å². The number of anilines is 1. The quantitative estimate of drug-likeness (QED) is 0.683. The molecule has 3 aliphatic heterocycles. The van der Waals surface area contributed by atoms with Gasteiger partial charge in [0.15, 0.2) is 0 Å². The van der Waals surface area contributed by atoms with Crippen molar-refractivity contribution in [2.45, 2.75) is 43.4 Å². The number of likely N-dealkylation sites (tertiary alicyclic amines) is 2. The van der Waals surface area contributed by atoms with E-state index < -0.39 is 18.0 Å². The lowest BCUT2D eigenvalue weighted by molar-refractivity contribution is -0.134. The smallest absolute Gasteiger partial charge is 0.248 e. The van der Waals surface area contributed by atoms with Crippen LogP contribution >= 0.6 is 0 Å². The maximum Gasteiger partial charge on any atom is 0.248 e. The van der Waals surface area contributed by atoms with Crippen LogP contribution in [0.3, 0.4) is 0 Å². The van der Waals surface area contributed by atoms with E-state index in [0.29, 0.717) is 38.0 Å². The highest BCUT2D eigenvalue weighted by Gasteiger charge is 2.50. The van der Waals surface area contributed by atoms with Crippen molar-refractivity contribution < 1.29 is 14.4 Å². The first-order chi connectivity index (χ1) is 13.9. The molecule has 3 fully saturated rings. The zero-order valence-corrected chi connectivity index (χ0v) is 16.0. The molecule has 2 bridgehead atoms. The van der Waals surface area contributed by atoms with E-state index in [4.69, 9.17) is 11.5 Å². The molecule has 4 atom stereocenters. The zero-order valence-electron chi connectivity index (χ0n) is 16.0. The molecule has 3 heterocycles. The van der Waals surface area contributed by atoms with Gasteiger partial charge < -0.3 is 21.3 Å². The first kappa shape index (κ1) is 19.4. The molecule has 0 radical (unpaired) electrons. The molecule has 9 nitrogen and oxygen atoms in total. The Balaban J connectivity index is 1.40. The number of amides is 3. The SMILES string of the molecule is N#C[C@@H]1CCCN1C(=O)[C@@H](N)CN1C[C@H]2C[C@@H]1C(=O)N2c1ccc(C(N)=O)cc1. The fourth-order valence-corrected chi connectivity index (χ4v) is 4.70. The summed E-state index contributed by atoms with van der Waals surface area (Å²) in [5.74, 6) is -0.751. The first-order valence-corrected chi connectivity index (χ1v) is 9.83. The molecule has 29 heavy (non-hydrogen) atoms. The summed E-state index contributed by atoms with van der Waals surface area (Å²) in [5.41, 5.74) is 12.6. The molecule has 152 valence electrons. The second-order valence-corrected chi connectivity index (χ2v) is 7.90. The average Bonchev–Trinajstić information content (AvgIpc) is 3.41. The van der Waals surface area contributed by atoms with E-state index >= 15 is 0 Å². The van der Waals surface area contributed by atoms with E-state index in [1.165, 1.54) is 0 Å². The maximum absolute atomic E-state index is 12.9. The van der Waals surface area contributed by atoms with Gasteiger partial charge in [-0.15, -0.1) is 0 Å². The molecule has 1 aromatic rings. The summed E-state index contributed by atoms with van der Waals surface area (Å²) < 4.78 is 0. The minimum Gasteiger partial charge on any atom is -0.366 e. The Morgan fingerprint density at radius 3 is 2.62 bits per heavy atom. The molecule has 0 spiro atoms. The van der Waals surface area contributed by atoms with Gasteiger partial charge in [-0.3, -0.25) is 19.3 Å². The Hall–Kier alpha value is -2.96. The lowest BCUT2D eigenvalue weighted by Gasteiger charge is -2.35. The standard InChI is InChI=1S/C20H24N6O3/c21-9-14-2-1-7-25(14)19(28)16(22)11-24-10-15-8-17(24)20(29)26(15)13-5-3-12(4-6-13)18(23)27/h3-6,14-17H,1-2,7-8,10-11,22H2,(H2,23,27)/t14-,15+,16-,17+/m0/s1. The van der Waals surface area contributed by atoms with E-state index in [0.717, 1.165) is 12.1 Å². The van der Waals surface area contributed by atoms with Crippen LogP contribution < -0.4 is 16.4 Å². The number of nitriles is 1. The predicted molar refractivity (Wildman–Crippen MR) is 105 cm³/mol. The van der Waals surface area contributed by atoms with Gasteiger partial charge in [-0.05, 0) is 43.5 Å². The molecular weight excluding hydrogens is 372 g/mol. The third kappa shape index (κ3) is 3.34. The number of primary amides is 1. The minimum absolute atomic E-state index is 0.00729. The van der Waals surface area contributed by atoms with Gasteiger partial charge in [-0.1, -0.05) is 0 Å². The van der Waals surface area contributed by atoms with Crippen LogP contribution in [0.25, 0.3) is 0 Å². The Morgan fingerprint density at radius 1 is 1.28 bits per heavy atom. The lowest BCUT2D eigenvalue weighted by atomic mass is 10.1. The van der Waals surface area contributed by atoms with Gasteiger partial charge in [-0.25, -0.2) is 0 Å². The molecule has 3 amide bonds. The summed E-state index contributed by atoms with van der Waals surface area (Å²) in [5, 5.41) is 9.19. The molecule has 0 aliphatic carbocycles. The van der Waals surface area contributed by atoms with Crippen LogP contribution in [0.15, 0.2) is 24.3 Å². The molecule has 0 saturated carbocycles. The fraction of sp³-hybridized carbons (Fsp3) is 0.500. The summed E-state index contributed by atoms with van der Waals surface area (Å²) in [6, 6.07) is 7.40. The van der Waals surface area contributed by atoms with Crippen LogP contribution in [0.5, 0.6) is 0 Å². The normalized spacial score (nSPS) is 27.3. The van der Waals surface area contributed by atoms with Gasteiger partial charge in [0.1, 0.15) is 6.04 Å². The van der Waals surface area contributed by atoms with Crippen molar-refractivity contribution in [3.05, 3.63) is 29.8 Å². The zero-order chi connectivity index (χ0) is 20.7. The topological polar surface area (TPSA) is 137 Å². The van der Waals surface area contributed by atoms with Crippen LogP contribution in [-0.4, -0.2) is 71.3 Å². The number of fused-ring (bicyclic) bond motifs is 2. The van der Waals surface area contributed by atoms with Gasteiger partial charge in [-0.2, -0.15) is 5.26 Å². The second kappa shape index (κ2) is 7.46. The molecule has 4 N–H and O–H groups in total. The fourth-order valence-electron chi connectivity index (χ4n) is 4.70. The first-order valence-electron chi connectivity index (χ1n) is 9.83. The van der Waals surface area contributed by atoms with E-state index in [9.17, 15) is 19.6 Å². The Kier molecular flexibility index (Phi) is 4.98. The number of carbonyl (C=O) groups excluding carboxylic acids is 3. The van der Waals surface area contributed by atoms with Crippen molar-refractivity contribution in [2.75, 3.05) is 24.5 Å². The summed E-state index contributed by atoms with van der Waals surface area (Å²) in [7, 11) is 0. The minimum atomic E-state index is -0.751. The summed E-state index contributed by atoms with van der Waals surface area (Å²) in [6.45, 7) is 1.50. The van der Waals surface area contributed by atoms with Gasteiger partial charge in [0, 0.05) is 30.9 Å². The van der Waals surface area contributed by atoms with Gasteiger partial charge >= 0.3 is 0 Å². The van der Waals surface area contributed by atoms with Crippen LogP contribution in [0.4, 0.5) is 5.69 Å². The third-order valence-electron chi connectivity index (χ3n) is 6.13. The highest BCUT2D eigenvalue weighted by molar-refractivity contribution is 6.02. The monoisotopic (exact) mass is 396 g/mol. The molecule has 4 rings (SSSR count). The number of nitrogens with two attached hydrogens (primary N) is 2. The van der Waals surface area contributed by atoms with Crippen molar-refractivity contribution in [2.24, 2.45) is 11.5 Å². The van der Waals surface area contributed by atoms with Crippen molar-refractivity contribution in [3.63, 3.8) is 0 Å². The number of nitrogens with zero attached hydrogens (tertiary/aromatic N) is 4. The Labute approximate surface area is 168 Å². The number of hydrogen-bond acceptors (Lipinski definition) is 6. The van der Waals surface area contributed by atoms with Crippen LogP contribution in [0.1, 0.15) is 29.6 Å². The van der Waals surface area contributed by atoms with Crippen molar-refractivity contribution in [1.82, 2.24) is 9.80 Å². The molecule has 0 aromatic heterocycles. The maximum atomic E-state index is 12.9. The second-order valence-electron chi connectivity index (χ2n) is 7.90. The molecule has 3 saturated heterocycles. The molecular formula is C20H24N6O3. The largest absolute Gasteiger partial charge is 0.366 e. The molecule has 1 aromatic carbocycles. The molecule has 9 heteroatoms. The summed E-state index contributed by atoms with van der Waals surface area (Å²) >= 11 is 0. The van der Waals surface area contributed by atoms with E-state index in [2.05, 4.69) is 6.07 Å².